The molecule has 0 bridgehead atoms. The van der Waals surface area contributed by atoms with Crippen molar-refractivity contribution in [3.05, 3.63) is 0 Å². The van der Waals surface area contributed by atoms with Crippen LogP contribution in [0, 0.1) is 5.92 Å². The molecule has 0 aromatic rings. The second kappa shape index (κ2) is 5.38. The molecule has 19 heavy (non-hydrogen) atoms. The SMILES string of the molecule is CC1OCCC1S(=O)(=O)N1CC(C(=O)O)CCC1C. The van der Waals surface area contributed by atoms with Crippen LogP contribution in [0.1, 0.15) is 33.1 Å². The highest BCUT2D eigenvalue weighted by molar-refractivity contribution is 7.89. The van der Waals surface area contributed by atoms with Gasteiger partial charge in [-0.2, -0.15) is 4.31 Å². The van der Waals surface area contributed by atoms with E-state index in [2.05, 4.69) is 0 Å². The fraction of sp³-hybridized carbons (Fsp3) is 0.917. The largest absolute Gasteiger partial charge is 0.481 e. The lowest BCUT2D eigenvalue weighted by atomic mass is 9.96. The van der Waals surface area contributed by atoms with Crippen LogP contribution in [0.2, 0.25) is 0 Å². The van der Waals surface area contributed by atoms with E-state index in [0.717, 1.165) is 0 Å². The Morgan fingerprint density at radius 2 is 1.95 bits per heavy atom. The summed E-state index contributed by atoms with van der Waals surface area (Å²) in [6, 6.07) is -0.131. The first-order chi connectivity index (χ1) is 8.84. The van der Waals surface area contributed by atoms with E-state index in [-0.39, 0.29) is 18.7 Å². The summed E-state index contributed by atoms with van der Waals surface area (Å²) in [5, 5.41) is 8.54. The van der Waals surface area contributed by atoms with Gasteiger partial charge in [0.1, 0.15) is 5.25 Å². The van der Waals surface area contributed by atoms with Crippen molar-refractivity contribution in [3.63, 3.8) is 0 Å². The van der Waals surface area contributed by atoms with Crippen molar-refractivity contribution in [3.8, 4) is 0 Å². The number of piperidine rings is 1. The third kappa shape index (κ3) is 2.78. The molecule has 0 aromatic heterocycles. The fourth-order valence-electron chi connectivity index (χ4n) is 2.91. The number of carbonyl (C=O) groups is 1. The number of sulfonamides is 1. The molecule has 4 unspecified atom stereocenters. The van der Waals surface area contributed by atoms with Crippen LogP contribution in [0.15, 0.2) is 0 Å². The third-order valence-electron chi connectivity index (χ3n) is 4.19. The highest BCUT2D eigenvalue weighted by Gasteiger charge is 2.44. The fourth-order valence-corrected chi connectivity index (χ4v) is 5.21. The average Bonchev–Trinajstić information content (AvgIpc) is 2.76. The van der Waals surface area contributed by atoms with Crippen molar-refractivity contribution in [2.24, 2.45) is 5.92 Å². The van der Waals surface area contributed by atoms with Crippen molar-refractivity contribution >= 4 is 16.0 Å². The molecular weight excluding hydrogens is 270 g/mol. The molecule has 7 heteroatoms. The number of carboxylic acid groups (broad SMARTS) is 1. The molecule has 0 amide bonds. The van der Waals surface area contributed by atoms with E-state index in [1.807, 2.05) is 6.92 Å². The number of aliphatic carboxylic acids is 1. The quantitative estimate of drug-likeness (QED) is 0.826. The summed E-state index contributed by atoms with van der Waals surface area (Å²) in [4.78, 5) is 11.1. The Hall–Kier alpha value is -0.660. The Morgan fingerprint density at radius 1 is 1.26 bits per heavy atom. The van der Waals surface area contributed by atoms with Crippen LogP contribution in [-0.4, -0.2) is 54.3 Å². The van der Waals surface area contributed by atoms with Gasteiger partial charge in [0, 0.05) is 19.2 Å². The third-order valence-corrected chi connectivity index (χ3v) is 6.74. The molecule has 0 aromatic carbocycles. The average molecular weight is 291 g/mol. The molecule has 2 fully saturated rings. The number of hydrogen-bond donors (Lipinski definition) is 1. The van der Waals surface area contributed by atoms with E-state index >= 15 is 0 Å². The maximum Gasteiger partial charge on any atom is 0.307 e. The summed E-state index contributed by atoms with van der Waals surface area (Å²) >= 11 is 0. The highest BCUT2D eigenvalue weighted by Crippen LogP contribution is 2.30. The van der Waals surface area contributed by atoms with Gasteiger partial charge >= 0.3 is 5.97 Å². The van der Waals surface area contributed by atoms with Crippen LogP contribution in [-0.2, 0) is 19.6 Å². The summed E-state index contributed by atoms with van der Waals surface area (Å²) < 4.78 is 32.0. The zero-order valence-electron chi connectivity index (χ0n) is 11.3. The zero-order chi connectivity index (χ0) is 14.2. The van der Waals surface area contributed by atoms with Crippen LogP contribution < -0.4 is 0 Å². The molecule has 0 saturated carbocycles. The van der Waals surface area contributed by atoms with Crippen LogP contribution in [0.4, 0.5) is 0 Å². The molecule has 2 aliphatic heterocycles. The van der Waals surface area contributed by atoms with Gasteiger partial charge in [-0.25, -0.2) is 8.42 Å². The minimum atomic E-state index is -3.48. The number of carboxylic acids is 1. The molecule has 0 spiro atoms. The maximum absolute atomic E-state index is 12.6. The van der Waals surface area contributed by atoms with Crippen LogP contribution in [0.25, 0.3) is 0 Å². The van der Waals surface area contributed by atoms with Crippen LogP contribution in [0.3, 0.4) is 0 Å². The van der Waals surface area contributed by atoms with Gasteiger partial charge in [0.25, 0.3) is 0 Å². The Balaban J connectivity index is 2.20. The molecule has 2 aliphatic rings. The van der Waals surface area contributed by atoms with E-state index in [0.29, 0.717) is 25.9 Å². The van der Waals surface area contributed by atoms with Crippen molar-refractivity contribution in [1.29, 1.82) is 0 Å². The van der Waals surface area contributed by atoms with E-state index in [1.165, 1.54) is 4.31 Å². The van der Waals surface area contributed by atoms with E-state index in [9.17, 15) is 13.2 Å². The molecule has 2 heterocycles. The summed E-state index contributed by atoms with van der Waals surface area (Å²) in [5.74, 6) is -1.51. The molecule has 2 saturated heterocycles. The van der Waals surface area contributed by atoms with Crippen LogP contribution in [0.5, 0.6) is 0 Å². The Labute approximate surface area is 113 Å². The first-order valence-electron chi connectivity index (χ1n) is 6.69. The lowest BCUT2D eigenvalue weighted by Crippen LogP contribution is -2.51. The maximum atomic E-state index is 12.6. The van der Waals surface area contributed by atoms with Gasteiger partial charge in [-0.3, -0.25) is 4.79 Å². The van der Waals surface area contributed by atoms with Gasteiger partial charge in [-0.1, -0.05) is 0 Å². The predicted molar refractivity (Wildman–Crippen MR) is 69.3 cm³/mol. The first kappa shape index (κ1) is 14.7. The lowest BCUT2D eigenvalue weighted by molar-refractivity contribution is -0.143. The van der Waals surface area contributed by atoms with Crippen molar-refractivity contribution < 1.29 is 23.1 Å². The zero-order valence-corrected chi connectivity index (χ0v) is 12.1. The number of rotatable bonds is 3. The normalized spacial score (nSPS) is 37.4. The van der Waals surface area contributed by atoms with Crippen molar-refractivity contribution in [1.82, 2.24) is 4.31 Å². The number of hydrogen-bond acceptors (Lipinski definition) is 4. The Kier molecular flexibility index (Phi) is 4.17. The lowest BCUT2D eigenvalue weighted by Gasteiger charge is -2.37. The van der Waals surface area contributed by atoms with Gasteiger partial charge in [-0.15, -0.1) is 0 Å². The van der Waals surface area contributed by atoms with Crippen molar-refractivity contribution in [2.45, 2.75) is 50.5 Å². The summed E-state index contributed by atoms with van der Waals surface area (Å²) in [6.45, 7) is 4.15. The summed E-state index contributed by atoms with van der Waals surface area (Å²) in [5.41, 5.74) is 0. The number of ether oxygens (including phenoxy) is 1. The Bertz CT molecular complexity index is 449. The smallest absolute Gasteiger partial charge is 0.307 e. The minimum absolute atomic E-state index is 0.0854. The molecule has 0 radical (unpaired) electrons. The molecule has 110 valence electrons. The van der Waals surface area contributed by atoms with E-state index < -0.39 is 27.2 Å². The predicted octanol–water partition coefficient (Wildman–Crippen LogP) is 0.679. The molecule has 2 rings (SSSR count). The highest BCUT2D eigenvalue weighted by atomic mass is 32.2. The standard InChI is InChI=1S/C12H21NO5S/c1-8-3-4-10(12(14)15)7-13(8)19(16,17)11-5-6-18-9(11)2/h8-11H,3-7H2,1-2H3,(H,14,15). The summed E-state index contributed by atoms with van der Waals surface area (Å²) in [7, 11) is -3.48. The molecular formula is C12H21NO5S. The van der Waals surface area contributed by atoms with Crippen molar-refractivity contribution in [2.75, 3.05) is 13.2 Å². The second-order valence-electron chi connectivity index (χ2n) is 5.48. The monoisotopic (exact) mass is 291 g/mol. The van der Waals surface area contributed by atoms with Gasteiger partial charge < -0.3 is 9.84 Å². The minimum Gasteiger partial charge on any atom is -0.481 e. The van der Waals surface area contributed by atoms with Gasteiger partial charge in [0.15, 0.2) is 0 Å². The first-order valence-corrected chi connectivity index (χ1v) is 8.19. The van der Waals surface area contributed by atoms with E-state index in [1.54, 1.807) is 6.92 Å². The Morgan fingerprint density at radius 3 is 2.47 bits per heavy atom. The molecule has 1 N–H and O–H groups in total. The topological polar surface area (TPSA) is 83.9 Å². The molecule has 6 nitrogen and oxygen atoms in total. The summed E-state index contributed by atoms with van der Waals surface area (Å²) in [6.07, 6.45) is 1.31. The van der Waals surface area contributed by atoms with Gasteiger partial charge in [0.05, 0.1) is 12.0 Å². The molecule has 4 atom stereocenters. The van der Waals surface area contributed by atoms with Gasteiger partial charge in [-0.05, 0) is 33.1 Å². The van der Waals surface area contributed by atoms with E-state index in [4.69, 9.17) is 9.84 Å². The second-order valence-corrected chi connectivity index (χ2v) is 7.58. The van der Waals surface area contributed by atoms with Gasteiger partial charge in [0.2, 0.25) is 10.0 Å². The number of nitrogens with zero attached hydrogens (tertiary/aromatic N) is 1. The molecule has 0 aliphatic carbocycles. The van der Waals surface area contributed by atoms with Crippen LogP contribution >= 0.6 is 0 Å².